The molecule has 0 radical (unpaired) electrons. The number of hydrogen-bond donors (Lipinski definition) is 2. The number of aromatic nitrogens is 1. The van der Waals surface area contributed by atoms with Crippen molar-refractivity contribution in [3.8, 4) is 0 Å². The molecule has 6 heteroatoms. The van der Waals surface area contributed by atoms with Crippen LogP contribution in [-0.4, -0.2) is 40.5 Å². The number of amides is 3. The Morgan fingerprint density at radius 2 is 2.20 bits per heavy atom. The smallest absolute Gasteiger partial charge is 0.320 e. The first-order valence-electron chi connectivity index (χ1n) is 6.75. The molecule has 20 heavy (non-hydrogen) atoms. The van der Waals surface area contributed by atoms with Crippen LogP contribution in [0.1, 0.15) is 25.8 Å². The number of pyridine rings is 1. The number of carbonyl (C=O) groups excluding carboxylic acids is 2. The van der Waals surface area contributed by atoms with E-state index in [4.69, 9.17) is 0 Å². The topological polar surface area (TPSA) is 74.3 Å². The average molecular weight is 276 g/mol. The number of aryl methyl sites for hydroxylation is 1. The molecule has 1 unspecified atom stereocenters. The zero-order chi connectivity index (χ0) is 14.7. The summed E-state index contributed by atoms with van der Waals surface area (Å²) in [6, 6.07) is 3.31. The maximum Gasteiger partial charge on any atom is 0.320 e. The van der Waals surface area contributed by atoms with Gasteiger partial charge in [-0.3, -0.25) is 10.1 Å². The van der Waals surface area contributed by atoms with E-state index in [-0.39, 0.29) is 24.0 Å². The quantitative estimate of drug-likeness (QED) is 0.879. The Morgan fingerprint density at radius 1 is 1.45 bits per heavy atom. The lowest BCUT2D eigenvalue weighted by atomic mass is 10.2. The average Bonchev–Trinajstić information content (AvgIpc) is 2.73. The Labute approximate surface area is 118 Å². The molecule has 0 saturated carbocycles. The third-order valence-electron chi connectivity index (χ3n) is 3.27. The Kier molecular flexibility index (Phi) is 4.22. The first-order chi connectivity index (χ1) is 9.45. The molecule has 2 N–H and O–H groups in total. The zero-order valence-electron chi connectivity index (χ0n) is 12.0. The lowest BCUT2D eigenvalue weighted by Crippen LogP contribution is -2.41. The second-order valence-electron chi connectivity index (χ2n) is 5.36. The van der Waals surface area contributed by atoms with Gasteiger partial charge >= 0.3 is 6.03 Å². The monoisotopic (exact) mass is 276 g/mol. The van der Waals surface area contributed by atoms with Crippen molar-refractivity contribution in [3.05, 3.63) is 23.9 Å². The predicted octanol–water partition coefficient (Wildman–Crippen LogP) is 1.52. The number of nitrogens with one attached hydrogen (secondary N) is 2. The summed E-state index contributed by atoms with van der Waals surface area (Å²) in [4.78, 5) is 29.5. The molecule has 1 aromatic heterocycles. The number of rotatable bonds is 3. The van der Waals surface area contributed by atoms with E-state index >= 15 is 0 Å². The SMILES string of the molecule is Cc1ccc(NC(=O)NC2CC(=O)N(C(C)C)C2)nc1. The summed E-state index contributed by atoms with van der Waals surface area (Å²) in [7, 11) is 0. The fourth-order valence-corrected chi connectivity index (χ4v) is 2.21. The first-order valence-corrected chi connectivity index (χ1v) is 6.75. The van der Waals surface area contributed by atoms with E-state index in [1.807, 2.05) is 26.8 Å². The normalized spacial score (nSPS) is 18.5. The van der Waals surface area contributed by atoms with Crippen molar-refractivity contribution >= 4 is 17.8 Å². The fourth-order valence-electron chi connectivity index (χ4n) is 2.21. The number of carbonyl (C=O) groups is 2. The van der Waals surface area contributed by atoms with Crippen LogP contribution < -0.4 is 10.6 Å². The van der Waals surface area contributed by atoms with E-state index in [0.29, 0.717) is 18.8 Å². The highest BCUT2D eigenvalue weighted by Crippen LogP contribution is 2.14. The summed E-state index contributed by atoms with van der Waals surface area (Å²) in [5.41, 5.74) is 1.03. The summed E-state index contributed by atoms with van der Waals surface area (Å²) in [5.74, 6) is 0.580. The van der Waals surface area contributed by atoms with Crippen LogP contribution in [0.15, 0.2) is 18.3 Å². The van der Waals surface area contributed by atoms with Crippen molar-refractivity contribution in [1.82, 2.24) is 15.2 Å². The second kappa shape index (κ2) is 5.90. The molecule has 1 aromatic rings. The zero-order valence-corrected chi connectivity index (χ0v) is 12.0. The number of anilines is 1. The van der Waals surface area contributed by atoms with Gasteiger partial charge < -0.3 is 10.2 Å². The lowest BCUT2D eigenvalue weighted by Gasteiger charge is -2.21. The lowest BCUT2D eigenvalue weighted by molar-refractivity contribution is -0.129. The minimum absolute atomic E-state index is 0.0822. The Hall–Kier alpha value is -2.11. The molecule has 3 amide bonds. The molecule has 1 aliphatic rings. The number of likely N-dealkylation sites (tertiary alicyclic amines) is 1. The van der Waals surface area contributed by atoms with Crippen LogP contribution in [0.4, 0.5) is 10.6 Å². The molecule has 1 saturated heterocycles. The van der Waals surface area contributed by atoms with Crippen molar-refractivity contribution < 1.29 is 9.59 Å². The molecule has 1 aliphatic heterocycles. The molecule has 1 atom stereocenters. The van der Waals surface area contributed by atoms with Crippen LogP contribution in [0.2, 0.25) is 0 Å². The van der Waals surface area contributed by atoms with Gasteiger partial charge in [0.15, 0.2) is 0 Å². The molecule has 2 rings (SSSR count). The van der Waals surface area contributed by atoms with Gasteiger partial charge in [0.05, 0.1) is 6.04 Å². The highest BCUT2D eigenvalue weighted by Gasteiger charge is 2.31. The van der Waals surface area contributed by atoms with Gasteiger partial charge in [0.1, 0.15) is 5.82 Å². The van der Waals surface area contributed by atoms with Crippen LogP contribution in [-0.2, 0) is 4.79 Å². The van der Waals surface area contributed by atoms with Crippen LogP contribution in [0.5, 0.6) is 0 Å². The fraction of sp³-hybridized carbons (Fsp3) is 0.500. The number of hydrogen-bond acceptors (Lipinski definition) is 3. The summed E-state index contributed by atoms with van der Waals surface area (Å²) < 4.78 is 0. The van der Waals surface area contributed by atoms with Gasteiger partial charge in [0.2, 0.25) is 5.91 Å². The minimum atomic E-state index is -0.329. The molecule has 6 nitrogen and oxygen atoms in total. The van der Waals surface area contributed by atoms with Crippen molar-refractivity contribution in [1.29, 1.82) is 0 Å². The summed E-state index contributed by atoms with van der Waals surface area (Å²) in [5, 5.41) is 5.47. The van der Waals surface area contributed by atoms with E-state index in [2.05, 4.69) is 15.6 Å². The summed E-state index contributed by atoms with van der Waals surface area (Å²) in [6.07, 6.45) is 2.04. The summed E-state index contributed by atoms with van der Waals surface area (Å²) in [6.45, 7) is 6.43. The molecule has 2 heterocycles. The van der Waals surface area contributed by atoms with Crippen LogP contribution in [0, 0.1) is 6.92 Å². The van der Waals surface area contributed by atoms with Crippen molar-refractivity contribution in [2.75, 3.05) is 11.9 Å². The standard InChI is InChI=1S/C14H20N4O2/c1-9(2)18-8-11(6-13(18)19)16-14(20)17-12-5-4-10(3)7-15-12/h4-5,7,9,11H,6,8H2,1-3H3,(H2,15,16,17,20). The van der Waals surface area contributed by atoms with Gasteiger partial charge in [0.25, 0.3) is 0 Å². The largest absolute Gasteiger partial charge is 0.338 e. The van der Waals surface area contributed by atoms with E-state index in [1.54, 1.807) is 17.2 Å². The van der Waals surface area contributed by atoms with Gasteiger partial charge in [-0.05, 0) is 32.4 Å². The maximum absolute atomic E-state index is 11.8. The molecule has 0 bridgehead atoms. The highest BCUT2D eigenvalue weighted by molar-refractivity contribution is 5.89. The Bertz CT molecular complexity index is 498. The Morgan fingerprint density at radius 3 is 2.75 bits per heavy atom. The number of nitrogens with zero attached hydrogens (tertiary/aromatic N) is 2. The molecule has 1 fully saturated rings. The first kappa shape index (κ1) is 14.3. The Balaban J connectivity index is 1.86. The minimum Gasteiger partial charge on any atom is -0.338 e. The maximum atomic E-state index is 11.8. The van der Waals surface area contributed by atoms with Gasteiger partial charge in [-0.25, -0.2) is 9.78 Å². The van der Waals surface area contributed by atoms with E-state index in [0.717, 1.165) is 5.56 Å². The van der Waals surface area contributed by atoms with E-state index in [1.165, 1.54) is 0 Å². The third-order valence-corrected chi connectivity index (χ3v) is 3.27. The highest BCUT2D eigenvalue weighted by atomic mass is 16.2. The van der Waals surface area contributed by atoms with E-state index < -0.39 is 0 Å². The molecular weight excluding hydrogens is 256 g/mol. The second-order valence-corrected chi connectivity index (χ2v) is 5.36. The van der Waals surface area contributed by atoms with Crippen LogP contribution >= 0.6 is 0 Å². The molecular formula is C14H20N4O2. The van der Waals surface area contributed by atoms with Crippen molar-refractivity contribution in [2.45, 2.75) is 39.3 Å². The van der Waals surface area contributed by atoms with Crippen molar-refractivity contribution in [2.24, 2.45) is 0 Å². The van der Waals surface area contributed by atoms with Gasteiger partial charge in [-0.2, -0.15) is 0 Å². The van der Waals surface area contributed by atoms with Crippen LogP contribution in [0.3, 0.4) is 0 Å². The third kappa shape index (κ3) is 3.46. The van der Waals surface area contributed by atoms with Crippen LogP contribution in [0.25, 0.3) is 0 Å². The van der Waals surface area contributed by atoms with Crippen molar-refractivity contribution in [3.63, 3.8) is 0 Å². The predicted molar refractivity (Wildman–Crippen MR) is 76.4 cm³/mol. The van der Waals surface area contributed by atoms with Gasteiger partial charge in [0, 0.05) is 25.2 Å². The van der Waals surface area contributed by atoms with Gasteiger partial charge in [-0.15, -0.1) is 0 Å². The molecule has 0 spiro atoms. The molecule has 0 aromatic carbocycles. The van der Waals surface area contributed by atoms with Gasteiger partial charge in [-0.1, -0.05) is 6.07 Å². The molecule has 108 valence electrons. The summed E-state index contributed by atoms with van der Waals surface area (Å²) >= 11 is 0. The number of urea groups is 1. The molecule has 0 aliphatic carbocycles. The van der Waals surface area contributed by atoms with E-state index in [9.17, 15) is 9.59 Å².